The van der Waals surface area contributed by atoms with Crippen molar-refractivity contribution in [1.29, 1.82) is 0 Å². The van der Waals surface area contributed by atoms with Crippen LogP contribution in [0.1, 0.15) is 50.5 Å². The number of likely N-dealkylation sites (N-methyl/N-ethyl adjacent to an activating group) is 1. The van der Waals surface area contributed by atoms with Gasteiger partial charge in [0.15, 0.2) is 0 Å². The molecule has 3 aliphatic rings. The molecule has 2 heterocycles. The smallest absolute Gasteiger partial charge is 0.233 e. The topological polar surface area (TPSA) is 53.1 Å². The predicted octanol–water partition coefficient (Wildman–Crippen LogP) is 4.63. The second-order valence-corrected chi connectivity index (χ2v) is 11.7. The zero-order valence-corrected chi connectivity index (χ0v) is 22.8. The fourth-order valence-electron chi connectivity index (χ4n) is 6.51. The van der Waals surface area contributed by atoms with Crippen molar-refractivity contribution in [1.82, 2.24) is 14.7 Å². The number of nitrogens with zero attached hydrogens (tertiary/aromatic N) is 3. The van der Waals surface area contributed by atoms with E-state index in [-0.39, 0.29) is 23.4 Å². The summed E-state index contributed by atoms with van der Waals surface area (Å²) >= 11 is 0. The van der Waals surface area contributed by atoms with E-state index in [1.165, 1.54) is 24.3 Å². The number of hydrogen-bond acceptors (Lipinski definition) is 4. The summed E-state index contributed by atoms with van der Waals surface area (Å²) in [5.74, 6) is 0.122. The third-order valence-electron chi connectivity index (χ3n) is 9.10. The van der Waals surface area contributed by atoms with Gasteiger partial charge in [0, 0.05) is 51.1 Å². The van der Waals surface area contributed by atoms with Gasteiger partial charge in [-0.1, -0.05) is 25.0 Å². The van der Waals surface area contributed by atoms with Crippen LogP contribution in [0.25, 0.3) is 0 Å². The molecule has 0 aromatic heterocycles. The van der Waals surface area contributed by atoms with E-state index in [4.69, 9.17) is 4.74 Å². The standard InChI is InChI=1S/C31H39F2N3O3/c1-34-17-19-35(20-18-34)28(37)22-30(23-39-27-9-7-25(32)8-10-27)13-15-36(16-14-30)29(38)31(11-2-3-12-31)24-5-4-6-26(33)21-24/h4-10,21H,2-3,11-20,22-23H2,1H3. The van der Waals surface area contributed by atoms with Crippen LogP contribution >= 0.6 is 0 Å². The van der Waals surface area contributed by atoms with Gasteiger partial charge >= 0.3 is 0 Å². The van der Waals surface area contributed by atoms with Crippen molar-refractivity contribution in [3.8, 4) is 5.75 Å². The maximum atomic E-state index is 14.1. The Balaban J connectivity index is 1.31. The maximum Gasteiger partial charge on any atom is 0.233 e. The summed E-state index contributed by atoms with van der Waals surface area (Å²) in [6.07, 6.45) is 4.99. The van der Waals surface area contributed by atoms with Crippen LogP contribution in [0.15, 0.2) is 48.5 Å². The van der Waals surface area contributed by atoms with Crippen molar-refractivity contribution >= 4 is 11.8 Å². The molecule has 6 nitrogen and oxygen atoms in total. The Morgan fingerprint density at radius 1 is 0.821 bits per heavy atom. The van der Waals surface area contributed by atoms with Gasteiger partial charge in [-0.25, -0.2) is 8.78 Å². The summed E-state index contributed by atoms with van der Waals surface area (Å²) in [6, 6.07) is 12.5. The number of benzene rings is 2. The Bertz CT molecular complexity index is 1150. The summed E-state index contributed by atoms with van der Waals surface area (Å²) in [5, 5.41) is 0. The molecule has 0 radical (unpaired) electrons. The van der Waals surface area contributed by atoms with E-state index < -0.39 is 10.8 Å². The highest BCUT2D eigenvalue weighted by atomic mass is 19.1. The fourth-order valence-corrected chi connectivity index (χ4v) is 6.51. The lowest BCUT2D eigenvalue weighted by Gasteiger charge is -2.45. The second kappa shape index (κ2) is 11.6. The van der Waals surface area contributed by atoms with Gasteiger partial charge in [-0.3, -0.25) is 9.59 Å². The van der Waals surface area contributed by atoms with Crippen LogP contribution in [-0.4, -0.2) is 79.4 Å². The predicted molar refractivity (Wildman–Crippen MR) is 145 cm³/mol. The van der Waals surface area contributed by atoms with E-state index in [2.05, 4.69) is 11.9 Å². The fraction of sp³-hybridized carbons (Fsp3) is 0.548. The molecule has 1 saturated carbocycles. The van der Waals surface area contributed by atoms with E-state index in [1.54, 1.807) is 18.2 Å². The monoisotopic (exact) mass is 539 g/mol. The number of carbonyl (C=O) groups is 2. The lowest BCUT2D eigenvalue weighted by molar-refractivity contribution is -0.142. The van der Waals surface area contributed by atoms with Crippen LogP contribution in [0.3, 0.4) is 0 Å². The van der Waals surface area contributed by atoms with E-state index >= 15 is 0 Å². The minimum absolute atomic E-state index is 0.0732. The summed E-state index contributed by atoms with van der Waals surface area (Å²) < 4.78 is 33.7. The van der Waals surface area contributed by atoms with E-state index in [9.17, 15) is 18.4 Å². The number of piperidine rings is 1. The van der Waals surface area contributed by atoms with E-state index in [0.717, 1.165) is 44.3 Å². The number of likely N-dealkylation sites (tertiary alicyclic amines) is 1. The van der Waals surface area contributed by atoms with Crippen molar-refractivity contribution in [3.05, 3.63) is 65.7 Å². The van der Waals surface area contributed by atoms with Crippen molar-refractivity contribution in [3.63, 3.8) is 0 Å². The Kier molecular flexibility index (Phi) is 8.21. The molecule has 0 spiro atoms. The SMILES string of the molecule is CN1CCN(C(=O)CC2(COc3ccc(F)cc3)CCN(C(=O)C3(c4cccc(F)c4)CCCC3)CC2)CC1. The molecular weight excluding hydrogens is 500 g/mol. The lowest BCUT2D eigenvalue weighted by atomic mass is 9.73. The molecule has 0 unspecified atom stereocenters. The molecule has 2 aromatic rings. The van der Waals surface area contributed by atoms with Gasteiger partial charge in [-0.2, -0.15) is 0 Å². The molecule has 1 aliphatic carbocycles. The first-order chi connectivity index (χ1) is 18.8. The quantitative estimate of drug-likeness (QED) is 0.515. The second-order valence-electron chi connectivity index (χ2n) is 11.7. The first-order valence-electron chi connectivity index (χ1n) is 14.2. The molecule has 210 valence electrons. The minimum Gasteiger partial charge on any atom is -0.493 e. The van der Waals surface area contributed by atoms with Gasteiger partial charge in [0.2, 0.25) is 11.8 Å². The number of carbonyl (C=O) groups excluding carboxylic acids is 2. The van der Waals surface area contributed by atoms with Crippen LogP contribution in [-0.2, 0) is 15.0 Å². The summed E-state index contributed by atoms with van der Waals surface area (Å²) in [4.78, 5) is 33.5. The molecule has 2 aromatic carbocycles. The molecular formula is C31H39F2N3O3. The van der Waals surface area contributed by atoms with Gasteiger partial charge < -0.3 is 19.4 Å². The van der Waals surface area contributed by atoms with Gasteiger partial charge in [-0.05, 0) is 74.7 Å². The Morgan fingerprint density at radius 2 is 1.49 bits per heavy atom. The van der Waals surface area contributed by atoms with Gasteiger partial charge in [0.25, 0.3) is 0 Å². The molecule has 39 heavy (non-hydrogen) atoms. The molecule has 8 heteroatoms. The molecule has 0 N–H and O–H groups in total. The van der Waals surface area contributed by atoms with Crippen LogP contribution in [0.4, 0.5) is 8.78 Å². The number of hydrogen-bond donors (Lipinski definition) is 0. The normalized spacial score (nSPS) is 21.1. The summed E-state index contributed by atoms with van der Waals surface area (Å²) in [5.41, 5.74) is -0.331. The number of halogens is 2. The van der Waals surface area contributed by atoms with Crippen molar-refractivity contribution in [2.24, 2.45) is 5.41 Å². The number of ether oxygens (including phenoxy) is 1. The van der Waals surface area contributed by atoms with E-state index in [1.807, 2.05) is 15.9 Å². The van der Waals surface area contributed by atoms with E-state index in [0.29, 0.717) is 57.8 Å². The third kappa shape index (κ3) is 6.11. The molecule has 2 aliphatic heterocycles. The zero-order valence-electron chi connectivity index (χ0n) is 22.8. The highest BCUT2D eigenvalue weighted by molar-refractivity contribution is 5.89. The van der Waals surface area contributed by atoms with Crippen LogP contribution in [0.5, 0.6) is 5.75 Å². The Labute approximate surface area is 229 Å². The van der Waals surface area contributed by atoms with Crippen molar-refractivity contribution in [2.75, 3.05) is 52.9 Å². The minimum atomic E-state index is -0.678. The summed E-state index contributed by atoms with van der Waals surface area (Å²) in [7, 11) is 2.06. The highest BCUT2D eigenvalue weighted by Crippen LogP contribution is 2.45. The molecule has 2 amide bonds. The van der Waals surface area contributed by atoms with Crippen LogP contribution in [0, 0.1) is 17.0 Å². The Morgan fingerprint density at radius 3 is 2.13 bits per heavy atom. The number of amides is 2. The Hall–Kier alpha value is -3.00. The van der Waals surface area contributed by atoms with Crippen molar-refractivity contribution < 1.29 is 23.1 Å². The maximum absolute atomic E-state index is 14.1. The molecule has 2 saturated heterocycles. The lowest BCUT2D eigenvalue weighted by Crippen LogP contribution is -2.53. The molecule has 0 bridgehead atoms. The molecule has 0 atom stereocenters. The number of piperazine rings is 1. The largest absolute Gasteiger partial charge is 0.493 e. The molecule has 5 rings (SSSR count). The average molecular weight is 540 g/mol. The third-order valence-corrected chi connectivity index (χ3v) is 9.10. The first-order valence-corrected chi connectivity index (χ1v) is 14.2. The van der Waals surface area contributed by atoms with Crippen molar-refractivity contribution in [2.45, 2.75) is 50.4 Å². The average Bonchev–Trinajstić information content (AvgIpc) is 3.45. The number of rotatable bonds is 7. The summed E-state index contributed by atoms with van der Waals surface area (Å²) in [6.45, 7) is 4.52. The first kappa shape index (κ1) is 27.6. The molecule has 3 fully saturated rings. The zero-order chi connectivity index (χ0) is 27.5. The van der Waals surface area contributed by atoms with Gasteiger partial charge in [-0.15, -0.1) is 0 Å². The van der Waals surface area contributed by atoms with Gasteiger partial charge in [0.1, 0.15) is 17.4 Å². The van der Waals surface area contributed by atoms with Gasteiger partial charge in [0.05, 0.1) is 12.0 Å². The highest BCUT2D eigenvalue weighted by Gasteiger charge is 2.47. The van der Waals surface area contributed by atoms with Crippen LogP contribution < -0.4 is 4.74 Å². The van der Waals surface area contributed by atoms with Crippen LogP contribution in [0.2, 0.25) is 0 Å².